The van der Waals surface area contributed by atoms with E-state index in [1.54, 1.807) is 0 Å². The molecule has 20 nitrogen and oxygen atoms in total. The zero-order valence-corrected chi connectivity index (χ0v) is 20.8. The summed E-state index contributed by atoms with van der Waals surface area (Å²) in [6, 6.07) is 0. The molecule has 0 aliphatic heterocycles. The van der Waals surface area contributed by atoms with Crippen molar-refractivity contribution in [2.45, 2.75) is 61.0 Å². The molecule has 214 valence electrons. The Kier molecular flexibility index (Phi) is 24.9. The Hall–Kier alpha value is -1.34. The molecule has 0 aromatic rings. The van der Waals surface area contributed by atoms with E-state index in [-0.39, 0.29) is 37.7 Å². The van der Waals surface area contributed by atoms with Crippen LogP contribution < -0.4 is 10.2 Å². The van der Waals surface area contributed by atoms with E-state index in [1.807, 2.05) is 0 Å². The summed E-state index contributed by atoms with van der Waals surface area (Å²) in [6.07, 6.45) is -20.7. The third-order valence-corrected chi connectivity index (χ3v) is 3.80. The molecule has 0 radical (unpaired) electrons. The molecule has 0 aromatic carbocycles. The van der Waals surface area contributed by atoms with Gasteiger partial charge in [0.2, 0.25) is 0 Å². The van der Waals surface area contributed by atoms with Crippen LogP contribution in [0.25, 0.3) is 0 Å². The molecule has 0 aliphatic rings. The van der Waals surface area contributed by atoms with Gasteiger partial charge in [-0.05, 0) is 0 Å². The number of rotatable bonds is 13. The second kappa shape index (κ2) is 21.6. The van der Waals surface area contributed by atoms with E-state index in [0.717, 1.165) is 0 Å². The molecule has 14 N–H and O–H groups in total. The summed E-state index contributed by atoms with van der Waals surface area (Å²) < 4.78 is 0. The fourth-order valence-corrected chi connectivity index (χ4v) is 1.59. The minimum atomic E-state index is -2.31. The first-order valence-electron chi connectivity index (χ1n) is 9.19. The molecule has 0 bridgehead atoms. The molecular weight excluding hydrogens is 552 g/mol. The Morgan fingerprint density at radius 1 is 0.486 bits per heavy atom. The van der Waals surface area contributed by atoms with Crippen molar-refractivity contribution in [1.29, 1.82) is 0 Å². The number of carboxylic acids is 4. The van der Waals surface area contributed by atoms with Gasteiger partial charge in [-0.2, -0.15) is 0 Å². The van der Waals surface area contributed by atoms with Crippen molar-refractivity contribution in [2.75, 3.05) is 13.2 Å². The number of aliphatic hydroxyl groups excluding tert-OH is 12. The third-order valence-electron chi connectivity index (χ3n) is 3.80. The maximum absolute atomic E-state index is 9.98. The smallest absolute Gasteiger partial charge is 0.547 e. The van der Waals surface area contributed by atoms with Crippen LogP contribution in [0.5, 0.6) is 0 Å². The fourth-order valence-electron chi connectivity index (χ4n) is 1.59. The van der Waals surface area contributed by atoms with Crippen molar-refractivity contribution < 1.29 is 101 Å². The first-order chi connectivity index (χ1) is 16.3. The van der Waals surface area contributed by atoms with Crippen molar-refractivity contribution in [3.63, 3.8) is 0 Å². The van der Waals surface area contributed by atoms with E-state index in [2.05, 4.69) is 0 Å². The Morgan fingerprint density at radius 2 is 0.703 bits per heavy atom. The van der Waals surface area contributed by atoms with Crippen LogP contribution in [0.1, 0.15) is 0 Å². The van der Waals surface area contributed by atoms with Crippen molar-refractivity contribution >= 4 is 61.6 Å². The van der Waals surface area contributed by atoms with Gasteiger partial charge >= 0.3 is 49.7 Å². The molecule has 10 unspecified atom stereocenters. The van der Waals surface area contributed by atoms with Gasteiger partial charge in [0.25, 0.3) is 0 Å². The zero-order valence-electron chi connectivity index (χ0n) is 18.6. The molecular formula is C16H28CaO20. The number of aliphatic carboxylic acids is 4. The van der Waals surface area contributed by atoms with Gasteiger partial charge in [0, 0.05) is 0 Å². The number of carboxylic acid groups (broad SMARTS) is 4. The second-order valence-electron chi connectivity index (χ2n) is 6.56. The van der Waals surface area contributed by atoms with Gasteiger partial charge in [0.1, 0.15) is 48.8 Å². The first kappa shape index (κ1) is 42.7. The predicted molar refractivity (Wildman–Crippen MR) is 105 cm³/mol. The van der Waals surface area contributed by atoms with Crippen molar-refractivity contribution in [1.82, 2.24) is 0 Å². The Morgan fingerprint density at radius 3 is 0.838 bits per heavy atom. The van der Waals surface area contributed by atoms with Gasteiger partial charge in [-0.3, -0.25) is 0 Å². The van der Waals surface area contributed by atoms with Crippen LogP contribution in [0, 0.1) is 0 Å². The standard InChI is InChI=1S/2C6H12O7.C4H6O6.Ca/c2*7-1-2(8)3(9)4(10)5(11)6(12)13;5-1(3(7)8)2(6)4(9)10;/h2*2-5,7-11H,1H2,(H,12,13);1-2,5-6H,(H,7,8)(H,9,10);/q;;;+2/p-2. The predicted octanol–water partition coefficient (Wildman–Crippen LogP) is -12.2. The maximum atomic E-state index is 9.98. The van der Waals surface area contributed by atoms with E-state index in [4.69, 9.17) is 71.5 Å². The van der Waals surface area contributed by atoms with Crippen molar-refractivity contribution in [2.24, 2.45) is 0 Å². The van der Waals surface area contributed by atoms with Crippen LogP contribution in [-0.4, -0.2) is 207 Å². The van der Waals surface area contributed by atoms with Gasteiger partial charge in [-0.15, -0.1) is 0 Å². The topological polar surface area (TPSA) is 398 Å². The number of carbonyl (C=O) groups excluding carboxylic acids is 2. The molecule has 37 heavy (non-hydrogen) atoms. The number of carbonyl (C=O) groups is 4. The van der Waals surface area contributed by atoms with E-state index in [9.17, 15) is 29.4 Å². The summed E-state index contributed by atoms with van der Waals surface area (Å²) in [5.74, 6) is -7.49. The average Bonchev–Trinajstić information content (AvgIpc) is 2.84. The summed E-state index contributed by atoms with van der Waals surface area (Å²) in [7, 11) is 0. The van der Waals surface area contributed by atoms with Crippen LogP contribution >= 0.6 is 0 Å². The summed E-state index contributed by atoms with van der Waals surface area (Å²) in [5, 5.41) is 139. The first-order valence-corrected chi connectivity index (χ1v) is 9.19. The molecule has 10 atom stereocenters. The van der Waals surface area contributed by atoms with Gasteiger partial charge < -0.3 is 91.3 Å². The maximum Gasteiger partial charge on any atom is 2.00 e. The Bertz CT molecular complexity index is 621. The van der Waals surface area contributed by atoms with E-state index in [0.29, 0.717) is 0 Å². The van der Waals surface area contributed by atoms with E-state index >= 15 is 0 Å². The SMILES string of the molecule is O=C(O)C(O)C(O)C(=O)O.O=C([O-])C(O)C(O)C(O)C(O)CO.O=C([O-])C(O)C(O)C(O)C(O)CO.[Ca+2]. The Balaban J connectivity index is -0.000000220. The van der Waals surface area contributed by atoms with Crippen LogP contribution in [0.3, 0.4) is 0 Å². The second-order valence-corrected chi connectivity index (χ2v) is 6.56. The third kappa shape index (κ3) is 17.0. The number of hydrogen-bond donors (Lipinski definition) is 14. The molecule has 0 heterocycles. The quantitative estimate of drug-likeness (QED) is 0.0898. The van der Waals surface area contributed by atoms with Crippen molar-refractivity contribution in [3.05, 3.63) is 0 Å². The molecule has 0 fully saturated rings. The Labute approximate surface area is 236 Å². The summed E-state index contributed by atoms with van der Waals surface area (Å²) in [5.41, 5.74) is 0. The van der Waals surface area contributed by atoms with Gasteiger partial charge in [0.15, 0.2) is 12.2 Å². The molecule has 0 spiro atoms. The molecule has 0 amide bonds. The fraction of sp³-hybridized carbons (Fsp3) is 0.750. The zero-order chi connectivity index (χ0) is 29.5. The average molecular weight is 580 g/mol. The van der Waals surface area contributed by atoms with Gasteiger partial charge in [-0.25, -0.2) is 9.59 Å². The van der Waals surface area contributed by atoms with E-state index < -0.39 is 98.1 Å². The van der Waals surface area contributed by atoms with Crippen molar-refractivity contribution in [3.8, 4) is 0 Å². The minimum absolute atomic E-state index is 0. The minimum Gasteiger partial charge on any atom is -0.547 e. The normalized spacial score (nSPS) is 18.6. The van der Waals surface area contributed by atoms with E-state index in [1.165, 1.54) is 0 Å². The number of hydrogen-bond acceptors (Lipinski definition) is 18. The van der Waals surface area contributed by atoms with Crippen LogP contribution in [-0.2, 0) is 19.2 Å². The molecule has 0 aliphatic carbocycles. The summed E-state index contributed by atoms with van der Waals surface area (Å²) in [4.78, 5) is 39.5. The van der Waals surface area contributed by atoms with Gasteiger partial charge in [0.05, 0.1) is 25.2 Å². The molecule has 0 saturated heterocycles. The van der Waals surface area contributed by atoms with Crippen LogP contribution in [0.4, 0.5) is 0 Å². The summed E-state index contributed by atoms with van der Waals surface area (Å²) >= 11 is 0. The van der Waals surface area contributed by atoms with Gasteiger partial charge in [-0.1, -0.05) is 0 Å². The van der Waals surface area contributed by atoms with Crippen LogP contribution in [0.2, 0.25) is 0 Å². The monoisotopic (exact) mass is 580 g/mol. The van der Waals surface area contributed by atoms with Crippen LogP contribution in [0.15, 0.2) is 0 Å². The molecule has 0 rings (SSSR count). The molecule has 0 aromatic heterocycles. The molecule has 21 heteroatoms. The number of aliphatic hydroxyl groups is 12. The summed E-state index contributed by atoms with van der Waals surface area (Å²) in [6.45, 7) is -1.73. The molecule has 0 saturated carbocycles. The largest absolute Gasteiger partial charge is 2.00 e.